The summed E-state index contributed by atoms with van der Waals surface area (Å²) in [5, 5.41) is 3.30. The topological polar surface area (TPSA) is 73.6 Å². The Balaban J connectivity index is 2.06. The Kier molecular flexibility index (Phi) is 5.25. The zero-order valence-electron chi connectivity index (χ0n) is 13.3. The first-order valence-electron chi connectivity index (χ1n) is 7.08. The van der Waals surface area contributed by atoms with Crippen molar-refractivity contribution in [3.8, 4) is 11.5 Å². The highest BCUT2D eigenvalue weighted by Crippen LogP contribution is 2.23. The Morgan fingerprint density at radius 3 is 2.13 bits per heavy atom. The van der Waals surface area contributed by atoms with Gasteiger partial charge in [-0.2, -0.15) is 0 Å². The van der Waals surface area contributed by atoms with E-state index in [1.54, 1.807) is 14.2 Å². The van der Waals surface area contributed by atoms with Gasteiger partial charge < -0.3 is 20.5 Å². The molecular formula is C18H20N2O3. The molecule has 5 nitrogen and oxygen atoms in total. The van der Waals surface area contributed by atoms with Gasteiger partial charge in [0.1, 0.15) is 11.5 Å². The van der Waals surface area contributed by atoms with Crippen LogP contribution in [-0.4, -0.2) is 20.1 Å². The van der Waals surface area contributed by atoms with Crippen LogP contribution < -0.4 is 20.5 Å². The first-order valence-corrected chi connectivity index (χ1v) is 7.08. The Morgan fingerprint density at radius 2 is 1.65 bits per heavy atom. The molecule has 5 heteroatoms. The predicted molar refractivity (Wildman–Crippen MR) is 91.5 cm³/mol. The second-order valence-electron chi connectivity index (χ2n) is 4.99. The van der Waals surface area contributed by atoms with Crippen molar-refractivity contribution < 1.29 is 14.3 Å². The highest BCUT2D eigenvalue weighted by atomic mass is 16.5. The maximum absolute atomic E-state index is 11.1. The molecule has 120 valence electrons. The molecule has 0 radical (unpaired) electrons. The van der Waals surface area contributed by atoms with Crippen molar-refractivity contribution in [3.63, 3.8) is 0 Å². The monoisotopic (exact) mass is 312 g/mol. The number of hydrogen-bond acceptors (Lipinski definition) is 4. The first kappa shape index (κ1) is 16.4. The summed E-state index contributed by atoms with van der Waals surface area (Å²) in [5.41, 5.74) is 8.19. The van der Waals surface area contributed by atoms with Crippen LogP contribution in [0.5, 0.6) is 11.5 Å². The van der Waals surface area contributed by atoms with Gasteiger partial charge in [0.2, 0.25) is 5.91 Å². The van der Waals surface area contributed by atoms with E-state index in [0.29, 0.717) is 17.7 Å². The maximum atomic E-state index is 11.1. The van der Waals surface area contributed by atoms with E-state index < -0.39 is 5.91 Å². The van der Waals surface area contributed by atoms with Gasteiger partial charge in [0.15, 0.2) is 0 Å². The van der Waals surface area contributed by atoms with Crippen LogP contribution in [0.4, 0.5) is 5.69 Å². The summed E-state index contributed by atoms with van der Waals surface area (Å²) in [7, 11) is 3.24. The summed E-state index contributed by atoms with van der Waals surface area (Å²) >= 11 is 0. The van der Waals surface area contributed by atoms with E-state index in [1.165, 1.54) is 0 Å². The number of carbonyl (C=O) groups excluding carboxylic acids is 1. The van der Waals surface area contributed by atoms with Crippen molar-refractivity contribution in [1.82, 2.24) is 0 Å². The highest BCUT2D eigenvalue weighted by molar-refractivity contribution is 6.17. The molecule has 0 aliphatic rings. The van der Waals surface area contributed by atoms with Crippen molar-refractivity contribution in [2.75, 3.05) is 19.5 Å². The van der Waals surface area contributed by atoms with Gasteiger partial charge >= 0.3 is 0 Å². The number of ether oxygens (including phenoxy) is 2. The molecule has 0 saturated carbocycles. The van der Waals surface area contributed by atoms with Gasteiger partial charge in [-0.05, 0) is 35.4 Å². The van der Waals surface area contributed by atoms with Gasteiger partial charge in [0, 0.05) is 23.9 Å². The number of carbonyl (C=O) groups is 1. The SMILES string of the molecule is C=C(C(N)=O)c1ccc(NCc2cc(OC)cc(OC)c2)cc1. The lowest BCUT2D eigenvalue weighted by atomic mass is 10.1. The largest absolute Gasteiger partial charge is 0.497 e. The van der Waals surface area contributed by atoms with Crippen LogP contribution >= 0.6 is 0 Å². The van der Waals surface area contributed by atoms with E-state index in [-0.39, 0.29) is 0 Å². The molecule has 0 aliphatic carbocycles. The minimum Gasteiger partial charge on any atom is -0.497 e. The summed E-state index contributed by atoms with van der Waals surface area (Å²) in [6.45, 7) is 4.28. The van der Waals surface area contributed by atoms with Gasteiger partial charge in [0.25, 0.3) is 0 Å². The maximum Gasteiger partial charge on any atom is 0.248 e. The van der Waals surface area contributed by atoms with Crippen LogP contribution in [-0.2, 0) is 11.3 Å². The quantitative estimate of drug-likeness (QED) is 0.771. The van der Waals surface area contributed by atoms with Crippen LogP contribution in [0, 0.1) is 0 Å². The summed E-state index contributed by atoms with van der Waals surface area (Å²) in [6.07, 6.45) is 0. The fourth-order valence-corrected chi connectivity index (χ4v) is 2.10. The number of rotatable bonds is 7. The van der Waals surface area contributed by atoms with Crippen molar-refractivity contribution >= 4 is 17.2 Å². The third-order valence-corrected chi connectivity index (χ3v) is 3.44. The van der Waals surface area contributed by atoms with Gasteiger partial charge in [0.05, 0.1) is 14.2 Å². The zero-order chi connectivity index (χ0) is 16.8. The summed E-state index contributed by atoms with van der Waals surface area (Å²) in [5.74, 6) is 0.970. The van der Waals surface area contributed by atoms with Crippen molar-refractivity contribution in [2.24, 2.45) is 5.73 Å². The predicted octanol–water partition coefficient (Wildman–Crippen LogP) is 2.81. The fraction of sp³-hybridized carbons (Fsp3) is 0.167. The lowest BCUT2D eigenvalue weighted by Gasteiger charge is -2.11. The van der Waals surface area contributed by atoms with Gasteiger partial charge in [-0.15, -0.1) is 0 Å². The lowest BCUT2D eigenvalue weighted by Crippen LogP contribution is -2.11. The molecule has 2 aromatic carbocycles. The fourth-order valence-electron chi connectivity index (χ4n) is 2.10. The molecule has 0 fully saturated rings. The van der Waals surface area contributed by atoms with Crippen LogP contribution in [0.15, 0.2) is 49.0 Å². The zero-order valence-corrected chi connectivity index (χ0v) is 13.3. The number of nitrogens with one attached hydrogen (secondary N) is 1. The summed E-state index contributed by atoms with van der Waals surface area (Å²) in [4.78, 5) is 11.1. The average Bonchev–Trinajstić information content (AvgIpc) is 2.59. The molecule has 0 atom stereocenters. The standard InChI is InChI=1S/C18H20N2O3/c1-12(18(19)21)14-4-6-15(7-5-14)20-11-13-8-16(22-2)10-17(9-13)23-3/h4-10,20H,1,11H2,2-3H3,(H2,19,21). The molecule has 0 heterocycles. The molecule has 0 saturated heterocycles. The van der Waals surface area contributed by atoms with Gasteiger partial charge in [-0.3, -0.25) is 4.79 Å². The van der Waals surface area contributed by atoms with Gasteiger partial charge in [-0.25, -0.2) is 0 Å². The van der Waals surface area contributed by atoms with Crippen LogP contribution in [0.2, 0.25) is 0 Å². The third-order valence-electron chi connectivity index (χ3n) is 3.44. The summed E-state index contributed by atoms with van der Waals surface area (Å²) < 4.78 is 10.5. The molecule has 2 rings (SSSR count). The molecule has 0 spiro atoms. The van der Waals surface area contributed by atoms with Crippen molar-refractivity contribution in [1.29, 1.82) is 0 Å². The lowest BCUT2D eigenvalue weighted by molar-refractivity contribution is -0.112. The Labute approximate surface area is 135 Å². The van der Waals surface area contributed by atoms with Crippen molar-refractivity contribution in [3.05, 3.63) is 60.2 Å². The Bertz CT molecular complexity index is 686. The van der Waals surface area contributed by atoms with E-state index in [4.69, 9.17) is 15.2 Å². The number of primary amides is 1. The van der Waals surface area contributed by atoms with E-state index >= 15 is 0 Å². The van der Waals surface area contributed by atoms with E-state index in [2.05, 4.69) is 11.9 Å². The normalized spacial score (nSPS) is 10.0. The third kappa shape index (κ3) is 4.26. The minimum atomic E-state index is -0.519. The smallest absolute Gasteiger partial charge is 0.248 e. The van der Waals surface area contributed by atoms with Crippen molar-refractivity contribution in [2.45, 2.75) is 6.54 Å². The van der Waals surface area contributed by atoms with E-state index in [9.17, 15) is 4.79 Å². The molecule has 23 heavy (non-hydrogen) atoms. The van der Waals surface area contributed by atoms with E-state index in [1.807, 2.05) is 42.5 Å². The molecule has 1 amide bonds. The number of hydrogen-bond donors (Lipinski definition) is 2. The molecule has 0 unspecified atom stereocenters. The number of methoxy groups -OCH3 is 2. The minimum absolute atomic E-state index is 0.300. The molecule has 0 bridgehead atoms. The van der Waals surface area contributed by atoms with Crippen LogP contribution in [0.25, 0.3) is 5.57 Å². The molecular weight excluding hydrogens is 292 g/mol. The number of nitrogens with two attached hydrogens (primary N) is 1. The Hall–Kier alpha value is -2.95. The number of anilines is 1. The Morgan fingerprint density at radius 1 is 1.09 bits per heavy atom. The van der Waals surface area contributed by atoms with Crippen LogP contribution in [0.3, 0.4) is 0 Å². The second kappa shape index (κ2) is 7.35. The molecule has 3 N–H and O–H groups in total. The molecule has 0 aromatic heterocycles. The second-order valence-corrected chi connectivity index (χ2v) is 4.99. The number of amides is 1. The molecule has 0 aliphatic heterocycles. The molecule has 2 aromatic rings. The van der Waals surface area contributed by atoms with Gasteiger partial charge in [-0.1, -0.05) is 18.7 Å². The first-order chi connectivity index (χ1) is 11.0. The number of benzene rings is 2. The average molecular weight is 312 g/mol. The highest BCUT2D eigenvalue weighted by Gasteiger charge is 2.05. The summed E-state index contributed by atoms with van der Waals surface area (Å²) in [6, 6.07) is 13.1. The van der Waals surface area contributed by atoms with E-state index in [0.717, 1.165) is 22.7 Å². The van der Waals surface area contributed by atoms with Crippen LogP contribution in [0.1, 0.15) is 11.1 Å².